The van der Waals surface area contributed by atoms with Gasteiger partial charge in [0.15, 0.2) is 5.84 Å². The van der Waals surface area contributed by atoms with Crippen LogP contribution < -0.4 is 43.8 Å². The van der Waals surface area contributed by atoms with Gasteiger partial charge in [-0.05, 0) is 36.9 Å². The molecule has 1 aliphatic rings. The number of nitrogens with one attached hydrogen (secondary N) is 3. The molecule has 1 aromatic carbocycles. The van der Waals surface area contributed by atoms with Crippen LogP contribution in [0.25, 0.3) is 0 Å². The lowest BCUT2D eigenvalue weighted by Gasteiger charge is -2.34. The average Bonchev–Trinajstić information content (AvgIpc) is 2.61. The smallest absolute Gasteiger partial charge is 0.240 e. The van der Waals surface area contributed by atoms with Crippen molar-refractivity contribution < 1.29 is 13.5 Å². The summed E-state index contributed by atoms with van der Waals surface area (Å²) in [4.78, 5) is 0.0805. The molecule has 1 aromatic rings. The van der Waals surface area contributed by atoms with Gasteiger partial charge in [-0.1, -0.05) is 0 Å². The van der Waals surface area contributed by atoms with Crippen LogP contribution in [0, 0.1) is 0 Å². The average molecular weight is 434 g/mol. The number of anilines is 1. The summed E-state index contributed by atoms with van der Waals surface area (Å²) in [6.07, 6.45) is 0.704. The van der Waals surface area contributed by atoms with Gasteiger partial charge in [0.2, 0.25) is 10.0 Å². The van der Waals surface area contributed by atoms with Crippen LogP contribution >= 0.6 is 11.9 Å². The van der Waals surface area contributed by atoms with Crippen molar-refractivity contribution in [2.45, 2.75) is 40.8 Å². The number of nitrogens with two attached hydrogens (primary N) is 5. The van der Waals surface area contributed by atoms with Crippen LogP contribution in [-0.4, -0.2) is 50.6 Å². The highest BCUT2D eigenvalue weighted by atomic mass is 32.2. The quantitative estimate of drug-likeness (QED) is 0.0635. The van der Waals surface area contributed by atoms with E-state index >= 15 is 0 Å². The van der Waals surface area contributed by atoms with Crippen molar-refractivity contribution >= 4 is 33.5 Å². The highest BCUT2D eigenvalue weighted by Gasteiger charge is 2.30. The normalized spacial score (nSPS) is 21.1. The van der Waals surface area contributed by atoms with E-state index in [9.17, 15) is 13.5 Å². The van der Waals surface area contributed by atoms with E-state index < -0.39 is 16.1 Å². The van der Waals surface area contributed by atoms with Crippen molar-refractivity contribution in [2.24, 2.45) is 33.4 Å². The van der Waals surface area contributed by atoms with Gasteiger partial charge in [0.05, 0.1) is 11.7 Å². The molecule has 12 nitrogen and oxygen atoms in total. The Kier molecular flexibility index (Phi) is 7.85. The zero-order valence-corrected chi connectivity index (χ0v) is 16.8. The van der Waals surface area contributed by atoms with Crippen LogP contribution in [0.1, 0.15) is 18.4 Å². The molecular weight excluding hydrogens is 406 g/mol. The minimum Gasteiger partial charge on any atom is -0.390 e. The Morgan fingerprint density at radius 3 is 2.57 bits per heavy atom. The van der Waals surface area contributed by atoms with Gasteiger partial charge in [0, 0.05) is 35.8 Å². The monoisotopic (exact) mass is 433 g/mol. The first-order chi connectivity index (χ1) is 13.2. The molecule has 0 bridgehead atoms. The van der Waals surface area contributed by atoms with Gasteiger partial charge in [-0.3, -0.25) is 4.72 Å². The van der Waals surface area contributed by atoms with Crippen LogP contribution in [0.3, 0.4) is 0 Å². The Morgan fingerprint density at radius 1 is 1.39 bits per heavy atom. The Bertz CT molecular complexity index is 813. The Morgan fingerprint density at radius 2 is 2.07 bits per heavy atom. The number of amidine groups is 1. The second kappa shape index (κ2) is 9.71. The van der Waals surface area contributed by atoms with Crippen LogP contribution in [0.5, 0.6) is 0 Å². The third-order valence-corrected chi connectivity index (χ3v) is 6.21. The lowest BCUT2D eigenvalue weighted by atomic mass is 9.87. The number of sulfonamides is 1. The number of hydrogen-bond acceptors (Lipinski definition) is 11. The molecule has 158 valence electrons. The summed E-state index contributed by atoms with van der Waals surface area (Å²) < 4.78 is 27.6. The summed E-state index contributed by atoms with van der Waals surface area (Å²) in [7, 11) is -4.19. The first kappa shape index (κ1) is 22.6. The van der Waals surface area contributed by atoms with Crippen molar-refractivity contribution in [1.82, 2.24) is 10.1 Å². The summed E-state index contributed by atoms with van der Waals surface area (Å²) >= 11 is 0.981. The molecule has 0 aliphatic heterocycles. The Hall–Kier alpha value is -1.65. The molecule has 0 spiro atoms. The summed E-state index contributed by atoms with van der Waals surface area (Å²) in [5.74, 6) is 10.8. The first-order valence-electron chi connectivity index (χ1n) is 8.45. The van der Waals surface area contributed by atoms with Crippen LogP contribution in [0.2, 0.25) is 0 Å². The van der Waals surface area contributed by atoms with Gasteiger partial charge in [-0.25, -0.2) is 19.4 Å². The Balaban J connectivity index is 2.47. The maximum absolute atomic E-state index is 12.4. The predicted octanol–water partition coefficient (Wildman–Crippen LogP) is -2.76. The molecule has 0 heterocycles. The zero-order chi connectivity index (χ0) is 20.9. The highest BCUT2D eigenvalue weighted by molar-refractivity contribution is 7.98. The van der Waals surface area contributed by atoms with Crippen molar-refractivity contribution in [1.29, 1.82) is 0 Å². The number of aliphatic hydroxyl groups is 1. The van der Waals surface area contributed by atoms with E-state index in [1.165, 1.54) is 0 Å². The van der Waals surface area contributed by atoms with Gasteiger partial charge >= 0.3 is 0 Å². The summed E-state index contributed by atoms with van der Waals surface area (Å²) in [5, 5.41) is 21.8. The number of benzene rings is 1. The number of nitrogens with zero attached hydrogens (tertiary/aromatic N) is 1. The molecule has 1 saturated carbocycles. The van der Waals surface area contributed by atoms with Crippen molar-refractivity contribution in [3.05, 3.63) is 17.7 Å². The van der Waals surface area contributed by atoms with E-state index in [1.54, 1.807) is 12.1 Å². The standard InChI is InChI=1S/C14H27N9O3S2/c15-5-9(24)6-20-27-11-2-1-10(21-8-3-7(16)4-8)12(14(22-17)23-18)13(11)28(19,25)26/h1-2,7-9,20-21,24H,3-6,15-18H2,(H,22,23)(H2,19,25,26)/t7?,8?,9-/m1/s1. The van der Waals surface area contributed by atoms with Crippen molar-refractivity contribution in [3.8, 4) is 0 Å². The zero-order valence-electron chi connectivity index (χ0n) is 15.1. The number of hydrazone groups is 1. The second-order valence-electron chi connectivity index (χ2n) is 6.40. The van der Waals surface area contributed by atoms with Crippen LogP contribution in [0.4, 0.5) is 5.69 Å². The van der Waals surface area contributed by atoms with E-state index in [0.717, 1.165) is 24.8 Å². The number of aliphatic hydroxyl groups excluding tert-OH is 1. The molecule has 0 aromatic heterocycles. The molecule has 0 amide bonds. The Labute approximate surface area is 167 Å². The maximum atomic E-state index is 12.4. The topological polar surface area (TPSA) is 233 Å². The number of primary sulfonamides is 1. The predicted molar refractivity (Wildman–Crippen MR) is 109 cm³/mol. The van der Waals surface area contributed by atoms with Gasteiger partial charge in [0.1, 0.15) is 4.90 Å². The SMILES string of the molecule is NC[C@@H](O)CNSc1ccc(NC2CC(N)C2)c(/C(=N/N)NN)c1S(N)(=O)=O. The minimum atomic E-state index is -4.19. The lowest BCUT2D eigenvalue weighted by Crippen LogP contribution is -2.45. The molecule has 14 heteroatoms. The molecule has 1 fully saturated rings. The molecule has 1 aliphatic carbocycles. The van der Waals surface area contributed by atoms with E-state index in [4.69, 9.17) is 28.3 Å². The molecular formula is C14H27N9O3S2. The fraction of sp³-hybridized carbons (Fsp3) is 0.500. The van der Waals surface area contributed by atoms with E-state index in [-0.39, 0.29) is 46.4 Å². The minimum absolute atomic E-state index is 0.0559. The van der Waals surface area contributed by atoms with Gasteiger partial charge < -0.3 is 33.2 Å². The molecule has 1 atom stereocenters. The molecule has 14 N–H and O–H groups in total. The number of hydrogen-bond donors (Lipinski definition) is 9. The fourth-order valence-corrected chi connectivity index (χ4v) is 4.83. The molecule has 0 radical (unpaired) electrons. The largest absolute Gasteiger partial charge is 0.390 e. The van der Waals surface area contributed by atoms with E-state index in [2.05, 4.69) is 20.6 Å². The molecule has 28 heavy (non-hydrogen) atoms. The summed E-state index contributed by atoms with van der Waals surface area (Å²) in [6.45, 7) is 0.210. The van der Waals surface area contributed by atoms with Crippen LogP contribution in [-0.2, 0) is 10.0 Å². The van der Waals surface area contributed by atoms with Crippen LogP contribution in [0.15, 0.2) is 27.0 Å². The maximum Gasteiger partial charge on any atom is 0.240 e. The molecule has 0 unspecified atom stereocenters. The van der Waals surface area contributed by atoms with E-state index in [1.807, 2.05) is 0 Å². The number of rotatable bonds is 9. The van der Waals surface area contributed by atoms with Crippen molar-refractivity contribution in [2.75, 3.05) is 18.4 Å². The summed E-state index contributed by atoms with van der Waals surface area (Å²) in [6, 6.07) is 3.44. The first-order valence-corrected chi connectivity index (χ1v) is 10.8. The van der Waals surface area contributed by atoms with Gasteiger partial charge in [-0.15, -0.1) is 0 Å². The van der Waals surface area contributed by atoms with Crippen molar-refractivity contribution in [3.63, 3.8) is 0 Å². The molecule has 0 saturated heterocycles. The number of hydrazine groups is 1. The third kappa shape index (κ3) is 5.45. The fourth-order valence-electron chi connectivity index (χ4n) is 2.75. The summed E-state index contributed by atoms with van der Waals surface area (Å²) in [5.41, 5.74) is 14.1. The third-order valence-electron chi connectivity index (χ3n) is 4.22. The van der Waals surface area contributed by atoms with Gasteiger partial charge in [-0.2, -0.15) is 5.10 Å². The molecule has 2 rings (SSSR count). The van der Waals surface area contributed by atoms with E-state index in [0.29, 0.717) is 5.69 Å². The second-order valence-corrected chi connectivity index (χ2v) is 8.83. The van der Waals surface area contributed by atoms with Gasteiger partial charge in [0.25, 0.3) is 0 Å². The highest BCUT2D eigenvalue weighted by Crippen LogP contribution is 2.34. The lowest BCUT2D eigenvalue weighted by molar-refractivity contribution is 0.188.